The first kappa shape index (κ1) is 27.4. The molecule has 3 aromatic heterocycles. The third kappa shape index (κ3) is 6.44. The first-order valence-electron chi connectivity index (χ1n) is 11.9. The molecule has 0 radical (unpaired) electrons. The zero-order valence-electron chi connectivity index (χ0n) is 21.8. The standard InChI is InChI=1S/C24H30N8O4S2/c1-6-36-22(33)19-15(2)27-24(37-19)30-23-28-20(25-11-12-31(3)4)18-21(29-23)32(14-26-18)13-16-7-9-17(10-8-16)38(5,34)35/h7-10,14H,6,11-13H2,1-5H3,(H2,25,27,28,29,30). The smallest absolute Gasteiger partial charge is 0.350 e. The molecule has 0 saturated carbocycles. The minimum atomic E-state index is -3.28. The maximum atomic E-state index is 12.2. The number of hydrogen-bond acceptors (Lipinski definition) is 12. The van der Waals surface area contributed by atoms with E-state index in [1.165, 1.54) is 17.6 Å². The van der Waals surface area contributed by atoms with E-state index in [1.54, 1.807) is 44.4 Å². The molecule has 0 amide bonds. The average Bonchev–Trinajstić information content (AvgIpc) is 3.42. The van der Waals surface area contributed by atoms with Crippen LogP contribution in [0.4, 0.5) is 16.9 Å². The largest absolute Gasteiger partial charge is 0.462 e. The molecule has 14 heteroatoms. The van der Waals surface area contributed by atoms with E-state index < -0.39 is 15.8 Å². The van der Waals surface area contributed by atoms with Gasteiger partial charge in [-0.25, -0.2) is 23.2 Å². The molecule has 12 nitrogen and oxygen atoms in total. The second-order valence-electron chi connectivity index (χ2n) is 8.87. The molecule has 0 atom stereocenters. The summed E-state index contributed by atoms with van der Waals surface area (Å²) in [5, 5.41) is 6.91. The molecule has 0 unspecified atom stereocenters. The highest BCUT2D eigenvalue weighted by Crippen LogP contribution is 2.28. The molecule has 0 saturated heterocycles. The number of carbonyl (C=O) groups excluding carboxylic acids is 1. The summed E-state index contributed by atoms with van der Waals surface area (Å²) in [6.45, 7) is 5.64. The average molecular weight is 559 g/mol. The second-order valence-corrected chi connectivity index (χ2v) is 11.9. The van der Waals surface area contributed by atoms with Crippen molar-refractivity contribution in [2.75, 3.05) is 50.7 Å². The van der Waals surface area contributed by atoms with E-state index in [0.717, 1.165) is 12.1 Å². The number of esters is 1. The Kier molecular flexibility index (Phi) is 8.23. The first-order valence-corrected chi connectivity index (χ1v) is 14.6. The number of hydrogen-bond donors (Lipinski definition) is 2. The van der Waals surface area contributed by atoms with E-state index in [-0.39, 0.29) is 11.5 Å². The maximum absolute atomic E-state index is 12.2. The highest BCUT2D eigenvalue weighted by atomic mass is 32.2. The van der Waals surface area contributed by atoms with Gasteiger partial charge in [0.05, 0.1) is 30.1 Å². The maximum Gasteiger partial charge on any atom is 0.350 e. The molecule has 4 aromatic rings. The minimum Gasteiger partial charge on any atom is -0.462 e. The number of benzene rings is 1. The van der Waals surface area contributed by atoms with Crippen molar-refractivity contribution in [3.8, 4) is 0 Å². The zero-order valence-corrected chi connectivity index (χ0v) is 23.5. The summed E-state index contributed by atoms with van der Waals surface area (Å²) < 4.78 is 30.6. The van der Waals surface area contributed by atoms with Crippen LogP contribution in [0.3, 0.4) is 0 Å². The summed E-state index contributed by atoms with van der Waals surface area (Å²) >= 11 is 1.17. The predicted octanol–water partition coefficient (Wildman–Crippen LogP) is 2.94. The van der Waals surface area contributed by atoms with Crippen molar-refractivity contribution >= 4 is 55.2 Å². The van der Waals surface area contributed by atoms with Crippen LogP contribution in [0.25, 0.3) is 11.2 Å². The lowest BCUT2D eigenvalue weighted by atomic mass is 10.2. The van der Waals surface area contributed by atoms with Gasteiger partial charge in [-0.3, -0.25) is 5.32 Å². The summed E-state index contributed by atoms with van der Waals surface area (Å²) in [5.41, 5.74) is 2.64. The fraction of sp³-hybridized carbons (Fsp3) is 0.375. The fourth-order valence-electron chi connectivity index (χ4n) is 3.61. The number of aryl methyl sites for hydroxylation is 1. The van der Waals surface area contributed by atoms with E-state index in [1.807, 2.05) is 18.7 Å². The van der Waals surface area contributed by atoms with Crippen LogP contribution in [0, 0.1) is 6.92 Å². The van der Waals surface area contributed by atoms with E-state index in [2.05, 4.69) is 35.5 Å². The van der Waals surface area contributed by atoms with Crippen LogP contribution in [-0.4, -0.2) is 83.8 Å². The molecule has 3 heterocycles. The highest BCUT2D eigenvalue weighted by Gasteiger charge is 2.19. The van der Waals surface area contributed by atoms with Crippen LogP contribution in [0.15, 0.2) is 35.5 Å². The molecule has 4 rings (SSSR count). The van der Waals surface area contributed by atoms with Crippen LogP contribution in [0.1, 0.15) is 27.9 Å². The van der Waals surface area contributed by atoms with Gasteiger partial charge in [-0.15, -0.1) is 0 Å². The Hall–Kier alpha value is -3.62. The van der Waals surface area contributed by atoms with Crippen molar-refractivity contribution in [2.45, 2.75) is 25.3 Å². The van der Waals surface area contributed by atoms with Crippen molar-refractivity contribution in [3.63, 3.8) is 0 Å². The van der Waals surface area contributed by atoms with Gasteiger partial charge in [0.1, 0.15) is 4.88 Å². The lowest BCUT2D eigenvalue weighted by Gasteiger charge is -2.12. The summed E-state index contributed by atoms with van der Waals surface area (Å²) in [7, 11) is 0.696. The normalized spacial score (nSPS) is 11.7. The number of imidazole rings is 1. The van der Waals surface area contributed by atoms with Crippen molar-refractivity contribution < 1.29 is 17.9 Å². The number of ether oxygens (including phenoxy) is 1. The molecule has 1 aromatic carbocycles. The van der Waals surface area contributed by atoms with Crippen LogP contribution in [0.5, 0.6) is 0 Å². The van der Waals surface area contributed by atoms with Crippen LogP contribution < -0.4 is 10.6 Å². The first-order chi connectivity index (χ1) is 18.0. The third-order valence-corrected chi connectivity index (χ3v) is 7.68. The van der Waals surface area contributed by atoms with Crippen LogP contribution in [-0.2, 0) is 21.1 Å². The van der Waals surface area contributed by atoms with Crippen molar-refractivity contribution in [1.82, 2.24) is 29.4 Å². The van der Waals surface area contributed by atoms with Crippen molar-refractivity contribution in [2.24, 2.45) is 0 Å². The molecule has 38 heavy (non-hydrogen) atoms. The van der Waals surface area contributed by atoms with Crippen LogP contribution >= 0.6 is 11.3 Å². The number of rotatable bonds is 11. The van der Waals surface area contributed by atoms with E-state index >= 15 is 0 Å². The quantitative estimate of drug-likeness (QED) is 0.262. The Bertz CT molecular complexity index is 1550. The van der Waals surface area contributed by atoms with Gasteiger partial charge in [0.15, 0.2) is 32.0 Å². The second kappa shape index (κ2) is 11.4. The Morgan fingerprint density at radius 3 is 2.55 bits per heavy atom. The van der Waals surface area contributed by atoms with Crippen LogP contribution in [0.2, 0.25) is 0 Å². The Balaban J connectivity index is 1.67. The van der Waals surface area contributed by atoms with E-state index in [4.69, 9.17) is 4.74 Å². The highest BCUT2D eigenvalue weighted by molar-refractivity contribution is 7.90. The lowest BCUT2D eigenvalue weighted by molar-refractivity contribution is 0.0531. The third-order valence-electron chi connectivity index (χ3n) is 5.50. The van der Waals surface area contributed by atoms with Gasteiger partial charge in [0.25, 0.3) is 0 Å². The number of likely N-dealkylation sites (N-methyl/N-ethyl adjacent to an activating group) is 1. The number of carbonyl (C=O) groups is 1. The molecule has 0 spiro atoms. The number of thiazole rings is 1. The van der Waals surface area contributed by atoms with E-state index in [9.17, 15) is 13.2 Å². The summed E-state index contributed by atoms with van der Waals surface area (Å²) in [6, 6.07) is 6.72. The Morgan fingerprint density at radius 2 is 1.89 bits per heavy atom. The lowest BCUT2D eigenvalue weighted by Crippen LogP contribution is -2.21. The number of aromatic nitrogens is 5. The Morgan fingerprint density at radius 1 is 1.16 bits per heavy atom. The van der Waals surface area contributed by atoms with Gasteiger partial charge in [-0.1, -0.05) is 23.5 Å². The molecule has 2 N–H and O–H groups in total. The topological polar surface area (TPSA) is 144 Å². The van der Waals surface area contributed by atoms with Gasteiger partial charge in [0, 0.05) is 19.3 Å². The SMILES string of the molecule is CCOC(=O)c1sc(Nc2nc(NCCN(C)C)c3ncn(Cc4ccc(S(C)(=O)=O)cc4)c3n2)nc1C. The van der Waals surface area contributed by atoms with E-state index in [0.29, 0.717) is 51.7 Å². The van der Waals surface area contributed by atoms with Crippen molar-refractivity contribution in [1.29, 1.82) is 0 Å². The molecule has 0 aliphatic carbocycles. The van der Waals surface area contributed by atoms with Gasteiger partial charge < -0.3 is 19.5 Å². The van der Waals surface area contributed by atoms with Gasteiger partial charge in [-0.05, 0) is 45.6 Å². The molecule has 0 bridgehead atoms. The molecule has 0 fully saturated rings. The molecule has 202 valence electrons. The van der Waals surface area contributed by atoms with Gasteiger partial charge >= 0.3 is 5.97 Å². The fourth-order valence-corrected chi connectivity index (χ4v) is 5.09. The summed E-state index contributed by atoms with van der Waals surface area (Å²) in [6.07, 6.45) is 2.86. The van der Waals surface area contributed by atoms with Gasteiger partial charge in [0.2, 0.25) is 5.95 Å². The van der Waals surface area contributed by atoms with Crippen molar-refractivity contribution in [3.05, 3.63) is 46.7 Å². The monoisotopic (exact) mass is 558 g/mol. The predicted molar refractivity (Wildman–Crippen MR) is 147 cm³/mol. The van der Waals surface area contributed by atoms with Gasteiger partial charge in [-0.2, -0.15) is 9.97 Å². The number of fused-ring (bicyclic) bond motifs is 1. The Labute approximate surface area is 225 Å². The zero-order chi connectivity index (χ0) is 27.4. The summed E-state index contributed by atoms with van der Waals surface area (Å²) in [4.78, 5) is 33.3. The minimum absolute atomic E-state index is 0.263. The summed E-state index contributed by atoms with van der Waals surface area (Å²) in [5.74, 6) is 0.436. The molecule has 0 aliphatic heterocycles. The molecule has 0 aliphatic rings. The number of anilines is 3. The number of nitrogens with zero attached hydrogens (tertiary/aromatic N) is 6. The number of nitrogens with one attached hydrogen (secondary N) is 2. The number of sulfone groups is 1. The molecular weight excluding hydrogens is 528 g/mol. The molecular formula is C24H30N8O4S2.